The van der Waals surface area contributed by atoms with Gasteiger partial charge in [0.25, 0.3) is 0 Å². The van der Waals surface area contributed by atoms with Crippen molar-refractivity contribution in [1.82, 2.24) is 0 Å². The Morgan fingerprint density at radius 2 is 2.00 bits per heavy atom. The van der Waals surface area contributed by atoms with Crippen molar-refractivity contribution < 1.29 is 9.53 Å². The van der Waals surface area contributed by atoms with Gasteiger partial charge < -0.3 is 10.1 Å². The predicted octanol–water partition coefficient (Wildman–Crippen LogP) is 5.75. The van der Waals surface area contributed by atoms with Gasteiger partial charge in [-0.15, -0.1) is 0 Å². The predicted molar refractivity (Wildman–Crippen MR) is 111 cm³/mol. The largest absolute Gasteiger partial charge is 0.494 e. The van der Waals surface area contributed by atoms with Crippen LogP contribution < -0.4 is 15.0 Å². The topological polar surface area (TPSA) is 53.9 Å². The second-order valence-corrected chi connectivity index (χ2v) is 6.75. The van der Waals surface area contributed by atoms with Gasteiger partial charge in [0.15, 0.2) is 0 Å². The van der Waals surface area contributed by atoms with Crippen LogP contribution in [-0.2, 0) is 0 Å². The quantitative estimate of drug-likeness (QED) is 0.728. The van der Waals surface area contributed by atoms with E-state index in [9.17, 15) is 4.79 Å². The molecule has 0 aliphatic carbocycles. The van der Waals surface area contributed by atoms with Crippen molar-refractivity contribution in [2.24, 2.45) is 4.99 Å². The summed E-state index contributed by atoms with van der Waals surface area (Å²) >= 11 is 6.04. The van der Waals surface area contributed by atoms with Crippen molar-refractivity contribution in [2.75, 3.05) is 23.4 Å². The minimum absolute atomic E-state index is 0.248. The molecule has 0 saturated heterocycles. The average molecular weight is 386 g/mol. The fourth-order valence-corrected chi connectivity index (χ4v) is 3.22. The van der Waals surface area contributed by atoms with Gasteiger partial charge in [0.05, 0.1) is 12.3 Å². The standard InChI is InChI=1S/C21H24ClN3O2/c1-2-27-19-12-10-18(11-13-19)25(20-9-4-3-5-14-23-20)21(26)24-17-8-6-7-16(22)15-17/h6-8,10-13,15H,2-5,9,14H2,1H3,(H,24,26). The van der Waals surface area contributed by atoms with Crippen molar-refractivity contribution in [2.45, 2.75) is 32.6 Å². The highest BCUT2D eigenvalue weighted by atomic mass is 35.5. The fraction of sp³-hybridized carbons (Fsp3) is 0.333. The van der Waals surface area contributed by atoms with E-state index in [1.807, 2.05) is 43.3 Å². The van der Waals surface area contributed by atoms with Crippen LogP contribution in [0.3, 0.4) is 0 Å². The minimum Gasteiger partial charge on any atom is -0.494 e. The number of carbonyl (C=O) groups excluding carboxylic acids is 1. The number of anilines is 2. The number of rotatable bonds is 4. The van der Waals surface area contributed by atoms with Crippen LogP contribution in [-0.4, -0.2) is 25.0 Å². The Morgan fingerprint density at radius 1 is 1.19 bits per heavy atom. The van der Waals surface area contributed by atoms with Gasteiger partial charge in [-0.2, -0.15) is 0 Å². The maximum absolute atomic E-state index is 13.1. The van der Waals surface area contributed by atoms with E-state index in [1.54, 1.807) is 17.0 Å². The molecule has 142 valence electrons. The lowest BCUT2D eigenvalue weighted by Crippen LogP contribution is -2.40. The minimum atomic E-state index is -0.248. The lowest BCUT2D eigenvalue weighted by Gasteiger charge is -2.25. The van der Waals surface area contributed by atoms with E-state index in [-0.39, 0.29) is 6.03 Å². The highest BCUT2D eigenvalue weighted by Gasteiger charge is 2.22. The number of amides is 2. The maximum Gasteiger partial charge on any atom is 0.331 e. The number of hydrogen-bond acceptors (Lipinski definition) is 3. The highest BCUT2D eigenvalue weighted by Crippen LogP contribution is 2.24. The molecule has 0 atom stereocenters. The van der Waals surface area contributed by atoms with Crippen LogP contribution in [0, 0.1) is 0 Å². The Balaban J connectivity index is 1.88. The number of nitrogens with one attached hydrogen (secondary N) is 1. The average Bonchev–Trinajstić information content (AvgIpc) is 2.93. The van der Waals surface area contributed by atoms with Crippen molar-refractivity contribution in [1.29, 1.82) is 0 Å². The van der Waals surface area contributed by atoms with Crippen LogP contribution in [0.2, 0.25) is 5.02 Å². The second-order valence-electron chi connectivity index (χ2n) is 6.31. The first-order chi connectivity index (χ1) is 13.2. The van der Waals surface area contributed by atoms with E-state index >= 15 is 0 Å². The number of ether oxygens (including phenoxy) is 1. The highest BCUT2D eigenvalue weighted by molar-refractivity contribution is 6.31. The Morgan fingerprint density at radius 3 is 2.74 bits per heavy atom. The van der Waals surface area contributed by atoms with Gasteiger partial charge in [0.2, 0.25) is 0 Å². The third kappa shape index (κ3) is 5.23. The number of hydrogen-bond donors (Lipinski definition) is 1. The number of urea groups is 1. The summed E-state index contributed by atoms with van der Waals surface area (Å²) in [6.45, 7) is 3.29. The van der Waals surface area contributed by atoms with Crippen LogP contribution in [0.5, 0.6) is 5.75 Å². The van der Waals surface area contributed by atoms with Gasteiger partial charge in [-0.1, -0.05) is 24.1 Å². The van der Waals surface area contributed by atoms with Gasteiger partial charge in [-0.05, 0) is 62.2 Å². The van der Waals surface area contributed by atoms with E-state index in [0.29, 0.717) is 17.3 Å². The van der Waals surface area contributed by atoms with Crippen molar-refractivity contribution >= 4 is 34.8 Å². The van der Waals surface area contributed by atoms with Gasteiger partial charge in [-0.3, -0.25) is 9.89 Å². The van der Waals surface area contributed by atoms with Gasteiger partial charge in [0.1, 0.15) is 11.6 Å². The Hall–Kier alpha value is -2.53. The summed E-state index contributed by atoms with van der Waals surface area (Å²) in [6.07, 6.45) is 3.98. The van der Waals surface area contributed by atoms with Crippen LogP contribution in [0.25, 0.3) is 0 Å². The molecule has 1 aliphatic rings. The van der Waals surface area contributed by atoms with E-state index in [2.05, 4.69) is 10.3 Å². The third-order valence-corrected chi connectivity index (χ3v) is 4.53. The smallest absolute Gasteiger partial charge is 0.331 e. The molecule has 0 aromatic heterocycles. The molecule has 0 unspecified atom stereocenters. The Labute approximate surface area is 165 Å². The van der Waals surface area contributed by atoms with Crippen LogP contribution >= 0.6 is 11.6 Å². The van der Waals surface area contributed by atoms with Crippen LogP contribution in [0.1, 0.15) is 32.6 Å². The molecule has 1 aliphatic heterocycles. The maximum atomic E-state index is 13.1. The molecule has 0 bridgehead atoms. The second kappa shape index (κ2) is 9.42. The van der Waals surface area contributed by atoms with E-state index in [1.165, 1.54) is 0 Å². The zero-order chi connectivity index (χ0) is 19.1. The van der Waals surface area contributed by atoms with Gasteiger partial charge >= 0.3 is 6.03 Å². The van der Waals surface area contributed by atoms with Crippen molar-refractivity contribution in [3.63, 3.8) is 0 Å². The molecule has 27 heavy (non-hydrogen) atoms. The first kappa shape index (κ1) is 19.2. The molecule has 2 aromatic carbocycles. The molecular weight excluding hydrogens is 362 g/mol. The van der Waals surface area contributed by atoms with Crippen molar-refractivity contribution in [3.8, 4) is 5.75 Å². The summed E-state index contributed by atoms with van der Waals surface area (Å²) in [5.74, 6) is 1.57. The number of halogens is 1. The fourth-order valence-electron chi connectivity index (χ4n) is 3.03. The molecule has 0 fully saturated rings. The number of amidine groups is 1. The lowest BCUT2D eigenvalue weighted by atomic mass is 10.2. The first-order valence-corrected chi connectivity index (χ1v) is 9.68. The molecule has 2 amide bonds. The molecule has 6 heteroatoms. The Bertz CT molecular complexity index is 805. The first-order valence-electron chi connectivity index (χ1n) is 9.30. The molecule has 1 N–H and O–H groups in total. The van der Waals surface area contributed by atoms with E-state index in [0.717, 1.165) is 49.5 Å². The van der Waals surface area contributed by atoms with Crippen LogP contribution in [0.4, 0.5) is 16.2 Å². The monoisotopic (exact) mass is 385 g/mol. The van der Waals surface area contributed by atoms with E-state index in [4.69, 9.17) is 16.3 Å². The normalized spacial score (nSPS) is 14.1. The Kier molecular flexibility index (Phi) is 6.71. The number of carbonyl (C=O) groups is 1. The summed E-state index contributed by atoms with van der Waals surface area (Å²) in [5.41, 5.74) is 1.41. The molecular formula is C21H24ClN3O2. The van der Waals surface area contributed by atoms with Crippen molar-refractivity contribution in [3.05, 3.63) is 53.6 Å². The molecule has 5 nitrogen and oxygen atoms in total. The SMILES string of the molecule is CCOc1ccc(N(C(=O)Nc2cccc(Cl)c2)C2=NCCCCC2)cc1. The summed E-state index contributed by atoms with van der Waals surface area (Å²) in [5, 5.41) is 3.51. The molecule has 0 radical (unpaired) electrons. The van der Waals surface area contributed by atoms with Gasteiger partial charge in [-0.25, -0.2) is 4.79 Å². The van der Waals surface area contributed by atoms with Gasteiger partial charge in [0, 0.05) is 23.7 Å². The number of aliphatic imine (C=N–C) groups is 1. The van der Waals surface area contributed by atoms with E-state index < -0.39 is 0 Å². The zero-order valence-corrected chi connectivity index (χ0v) is 16.2. The molecule has 0 spiro atoms. The molecule has 3 rings (SSSR count). The third-order valence-electron chi connectivity index (χ3n) is 4.30. The lowest BCUT2D eigenvalue weighted by molar-refractivity contribution is 0.259. The zero-order valence-electron chi connectivity index (χ0n) is 15.5. The summed E-state index contributed by atoms with van der Waals surface area (Å²) in [6, 6.07) is 14.4. The molecule has 0 saturated carbocycles. The molecule has 2 aromatic rings. The summed E-state index contributed by atoms with van der Waals surface area (Å²) < 4.78 is 5.51. The number of benzene rings is 2. The van der Waals surface area contributed by atoms with Crippen LogP contribution in [0.15, 0.2) is 53.5 Å². The molecule has 1 heterocycles. The summed E-state index contributed by atoms with van der Waals surface area (Å²) in [7, 11) is 0. The number of nitrogens with zero attached hydrogens (tertiary/aromatic N) is 2. The summed E-state index contributed by atoms with van der Waals surface area (Å²) in [4.78, 5) is 19.4.